The van der Waals surface area contributed by atoms with Gasteiger partial charge in [-0.3, -0.25) is 9.48 Å². The first-order valence-electron chi connectivity index (χ1n) is 9.31. The smallest absolute Gasteiger partial charge is 0.224 e. The topological polar surface area (TPSA) is 46.9 Å². The molecule has 4 nitrogen and oxygen atoms in total. The Morgan fingerprint density at radius 3 is 2.67 bits per heavy atom. The summed E-state index contributed by atoms with van der Waals surface area (Å²) in [5, 5.41) is 7.82. The number of amides is 1. The quantitative estimate of drug-likeness (QED) is 0.659. The van der Waals surface area contributed by atoms with Gasteiger partial charge in [-0.15, -0.1) is 0 Å². The Labute approximate surface area is 167 Å². The number of fused-ring (bicyclic) bond motifs is 1. The van der Waals surface area contributed by atoms with Crippen molar-refractivity contribution < 1.29 is 4.79 Å². The van der Waals surface area contributed by atoms with Gasteiger partial charge in [0.25, 0.3) is 0 Å². The third-order valence-electron chi connectivity index (χ3n) is 5.05. The first-order chi connectivity index (χ1) is 13.2. The number of nitrogens with one attached hydrogen (secondary N) is 1. The fraction of sp³-hybridized carbons (Fsp3) is 0.273. The van der Waals surface area contributed by atoms with Gasteiger partial charge in [0, 0.05) is 15.7 Å². The number of halogens is 1. The maximum absolute atomic E-state index is 12.5. The summed E-state index contributed by atoms with van der Waals surface area (Å²) in [7, 11) is 0. The molecule has 2 aromatic carbocycles. The normalized spacial score (nSPS) is 16.0. The average molecular weight is 424 g/mol. The van der Waals surface area contributed by atoms with Gasteiger partial charge in [0.2, 0.25) is 5.91 Å². The SMILES string of the molecule is O=C(Cc1ccc(Br)cc1)N[C@H]1CCCc2c1cnn2Cc1ccccc1. The van der Waals surface area contributed by atoms with Crippen LogP contribution in [0.3, 0.4) is 0 Å². The minimum Gasteiger partial charge on any atom is -0.349 e. The number of benzene rings is 2. The lowest BCUT2D eigenvalue weighted by atomic mass is 9.92. The zero-order valence-electron chi connectivity index (χ0n) is 15.1. The largest absolute Gasteiger partial charge is 0.349 e. The van der Waals surface area contributed by atoms with Crippen LogP contribution in [0.4, 0.5) is 0 Å². The summed E-state index contributed by atoms with van der Waals surface area (Å²) in [6.45, 7) is 0.774. The summed E-state index contributed by atoms with van der Waals surface area (Å²) in [4.78, 5) is 12.5. The van der Waals surface area contributed by atoms with E-state index < -0.39 is 0 Å². The van der Waals surface area contributed by atoms with E-state index in [2.05, 4.69) is 55.3 Å². The number of rotatable bonds is 5. The lowest BCUT2D eigenvalue weighted by molar-refractivity contribution is -0.121. The molecule has 5 heteroatoms. The first-order valence-corrected chi connectivity index (χ1v) is 10.1. The van der Waals surface area contributed by atoms with E-state index in [0.717, 1.165) is 35.8 Å². The van der Waals surface area contributed by atoms with Crippen LogP contribution >= 0.6 is 15.9 Å². The average Bonchev–Trinajstić information content (AvgIpc) is 3.08. The van der Waals surface area contributed by atoms with Gasteiger partial charge in [0.15, 0.2) is 0 Å². The highest BCUT2D eigenvalue weighted by molar-refractivity contribution is 9.10. The highest BCUT2D eigenvalue weighted by atomic mass is 79.9. The van der Waals surface area contributed by atoms with Gasteiger partial charge in [-0.05, 0) is 42.5 Å². The predicted octanol–water partition coefficient (Wildman–Crippen LogP) is 4.43. The van der Waals surface area contributed by atoms with Gasteiger partial charge in [0.05, 0.1) is 25.2 Å². The van der Waals surface area contributed by atoms with Gasteiger partial charge >= 0.3 is 0 Å². The van der Waals surface area contributed by atoms with E-state index in [1.165, 1.54) is 16.8 Å². The molecule has 0 bridgehead atoms. The molecule has 4 rings (SSSR count). The summed E-state index contributed by atoms with van der Waals surface area (Å²) in [6, 6.07) is 18.3. The molecule has 0 spiro atoms. The molecule has 0 aliphatic heterocycles. The molecule has 1 N–H and O–H groups in total. The van der Waals surface area contributed by atoms with Crippen molar-refractivity contribution in [1.82, 2.24) is 15.1 Å². The number of aromatic nitrogens is 2. The van der Waals surface area contributed by atoms with Crippen molar-refractivity contribution in [3.63, 3.8) is 0 Å². The first kappa shape index (κ1) is 18.0. The third-order valence-corrected chi connectivity index (χ3v) is 5.58. The highest BCUT2D eigenvalue weighted by Gasteiger charge is 2.25. The summed E-state index contributed by atoms with van der Waals surface area (Å²) in [5.41, 5.74) is 4.68. The van der Waals surface area contributed by atoms with E-state index in [4.69, 9.17) is 0 Å². The second-order valence-corrected chi connectivity index (χ2v) is 7.92. The monoisotopic (exact) mass is 423 g/mol. The number of hydrogen-bond donors (Lipinski definition) is 1. The van der Waals surface area contributed by atoms with Crippen LogP contribution in [-0.2, 0) is 24.2 Å². The van der Waals surface area contributed by atoms with Crippen LogP contribution in [0.5, 0.6) is 0 Å². The van der Waals surface area contributed by atoms with Crippen molar-refractivity contribution >= 4 is 21.8 Å². The van der Waals surface area contributed by atoms with Crippen molar-refractivity contribution in [1.29, 1.82) is 0 Å². The molecule has 1 aliphatic carbocycles. The van der Waals surface area contributed by atoms with Crippen LogP contribution in [-0.4, -0.2) is 15.7 Å². The molecule has 0 saturated carbocycles. The van der Waals surface area contributed by atoms with E-state index in [1.807, 2.05) is 36.5 Å². The lowest BCUT2D eigenvalue weighted by Gasteiger charge is -2.24. The van der Waals surface area contributed by atoms with E-state index in [0.29, 0.717) is 6.42 Å². The van der Waals surface area contributed by atoms with Crippen LogP contribution < -0.4 is 5.32 Å². The molecule has 1 atom stereocenters. The number of nitrogens with zero attached hydrogens (tertiary/aromatic N) is 2. The molecule has 1 aromatic heterocycles. The lowest BCUT2D eigenvalue weighted by Crippen LogP contribution is -2.32. The molecular formula is C22H22BrN3O. The molecule has 1 heterocycles. The van der Waals surface area contributed by atoms with Crippen molar-refractivity contribution in [2.45, 2.75) is 38.3 Å². The van der Waals surface area contributed by atoms with Crippen LogP contribution in [0.15, 0.2) is 65.3 Å². The van der Waals surface area contributed by atoms with Crippen LogP contribution in [0.1, 0.15) is 41.3 Å². The van der Waals surface area contributed by atoms with Crippen LogP contribution in [0, 0.1) is 0 Å². The van der Waals surface area contributed by atoms with Gasteiger partial charge in [-0.1, -0.05) is 58.4 Å². The Kier molecular flexibility index (Phi) is 5.39. The van der Waals surface area contributed by atoms with Gasteiger partial charge < -0.3 is 5.32 Å². The number of carbonyl (C=O) groups is 1. The standard InChI is InChI=1S/C22H22BrN3O/c23-18-11-9-16(10-12-18)13-22(27)25-20-7-4-8-21-19(20)14-24-26(21)15-17-5-2-1-3-6-17/h1-3,5-6,9-12,14,20H,4,7-8,13,15H2,(H,25,27)/t20-/m0/s1. The molecule has 0 radical (unpaired) electrons. The van der Waals surface area contributed by atoms with Crippen molar-refractivity contribution in [3.8, 4) is 0 Å². The highest BCUT2D eigenvalue weighted by Crippen LogP contribution is 2.30. The number of carbonyl (C=O) groups excluding carboxylic acids is 1. The zero-order chi connectivity index (χ0) is 18.6. The fourth-order valence-corrected chi connectivity index (χ4v) is 3.96. The molecule has 3 aromatic rings. The van der Waals surface area contributed by atoms with Crippen LogP contribution in [0.25, 0.3) is 0 Å². The summed E-state index contributed by atoms with van der Waals surface area (Å²) >= 11 is 3.43. The minimum absolute atomic E-state index is 0.0567. The van der Waals surface area contributed by atoms with Crippen molar-refractivity contribution in [2.24, 2.45) is 0 Å². The molecule has 0 saturated heterocycles. The van der Waals surface area contributed by atoms with Crippen LogP contribution in [0.2, 0.25) is 0 Å². The molecule has 0 unspecified atom stereocenters. The Balaban J connectivity index is 1.45. The Morgan fingerprint density at radius 2 is 1.89 bits per heavy atom. The zero-order valence-corrected chi connectivity index (χ0v) is 16.7. The molecule has 138 valence electrons. The van der Waals surface area contributed by atoms with E-state index in [1.54, 1.807) is 0 Å². The van der Waals surface area contributed by atoms with E-state index in [9.17, 15) is 4.79 Å². The Morgan fingerprint density at radius 1 is 1.11 bits per heavy atom. The molecule has 0 fully saturated rings. The summed E-state index contributed by atoms with van der Waals surface area (Å²) in [6.07, 6.45) is 5.38. The van der Waals surface area contributed by atoms with Crippen molar-refractivity contribution in [2.75, 3.05) is 0 Å². The second-order valence-electron chi connectivity index (χ2n) is 7.01. The number of hydrogen-bond acceptors (Lipinski definition) is 2. The third kappa shape index (κ3) is 4.30. The van der Waals surface area contributed by atoms with Crippen molar-refractivity contribution in [3.05, 3.63) is 87.7 Å². The second kappa shape index (κ2) is 8.09. The van der Waals surface area contributed by atoms with Gasteiger partial charge in [-0.2, -0.15) is 5.10 Å². The minimum atomic E-state index is 0.0567. The Bertz CT molecular complexity index is 918. The van der Waals surface area contributed by atoms with Gasteiger partial charge in [-0.25, -0.2) is 0 Å². The van der Waals surface area contributed by atoms with Gasteiger partial charge in [0.1, 0.15) is 0 Å². The molecule has 1 aliphatic rings. The molecule has 1 amide bonds. The maximum Gasteiger partial charge on any atom is 0.224 e. The van der Waals surface area contributed by atoms with E-state index >= 15 is 0 Å². The Hall–Kier alpha value is -2.40. The summed E-state index contributed by atoms with van der Waals surface area (Å²) in [5.74, 6) is 0.0611. The predicted molar refractivity (Wildman–Crippen MR) is 109 cm³/mol. The summed E-state index contributed by atoms with van der Waals surface area (Å²) < 4.78 is 3.10. The maximum atomic E-state index is 12.5. The fourth-order valence-electron chi connectivity index (χ4n) is 3.69. The molecular weight excluding hydrogens is 402 g/mol. The molecule has 27 heavy (non-hydrogen) atoms. The van der Waals surface area contributed by atoms with E-state index in [-0.39, 0.29) is 11.9 Å².